The summed E-state index contributed by atoms with van der Waals surface area (Å²) < 4.78 is 22.5. The minimum atomic E-state index is -3.01. The number of benzene rings is 1. The van der Waals surface area contributed by atoms with E-state index in [0.29, 0.717) is 24.0 Å². The molecule has 1 saturated carbocycles. The standard InChI is InChI=1S/C14H17N7O3S/c1-25(23,24)8-10-4-12(5-10)18-14(22)11-2-9(7-17-20-15)3-13(6-11)19-21-16/h2-3,6,10,12H,4-5,7-8H2,1H3,(H,18,22). The molecule has 1 fully saturated rings. The van der Waals surface area contributed by atoms with Gasteiger partial charge >= 0.3 is 0 Å². The van der Waals surface area contributed by atoms with Crippen LogP contribution >= 0.6 is 0 Å². The number of rotatable bonds is 7. The minimum absolute atomic E-state index is 0.0332. The third kappa shape index (κ3) is 5.68. The summed E-state index contributed by atoms with van der Waals surface area (Å²) in [7, 11) is -3.01. The largest absolute Gasteiger partial charge is 0.349 e. The van der Waals surface area contributed by atoms with Crippen LogP contribution in [0.25, 0.3) is 20.9 Å². The van der Waals surface area contributed by atoms with Gasteiger partial charge in [0.1, 0.15) is 9.84 Å². The molecule has 0 aliphatic heterocycles. The number of nitrogens with zero attached hydrogens (tertiary/aromatic N) is 6. The monoisotopic (exact) mass is 363 g/mol. The lowest BCUT2D eigenvalue weighted by atomic mass is 9.81. The van der Waals surface area contributed by atoms with Crippen LogP contribution in [0.4, 0.5) is 5.69 Å². The van der Waals surface area contributed by atoms with Crippen LogP contribution in [0.1, 0.15) is 28.8 Å². The molecule has 1 aliphatic rings. The number of amides is 1. The van der Waals surface area contributed by atoms with E-state index in [1.54, 1.807) is 6.07 Å². The Morgan fingerprint density at radius 3 is 2.60 bits per heavy atom. The summed E-state index contributed by atoms with van der Waals surface area (Å²) >= 11 is 0. The third-order valence-corrected chi connectivity index (χ3v) is 4.90. The van der Waals surface area contributed by atoms with Crippen molar-refractivity contribution in [3.63, 3.8) is 0 Å². The molecule has 0 unspecified atom stereocenters. The fraction of sp³-hybridized carbons (Fsp3) is 0.500. The minimum Gasteiger partial charge on any atom is -0.349 e. The van der Waals surface area contributed by atoms with E-state index in [-0.39, 0.29) is 35.9 Å². The topological polar surface area (TPSA) is 161 Å². The average Bonchev–Trinajstić information content (AvgIpc) is 2.49. The van der Waals surface area contributed by atoms with Gasteiger partial charge in [0.2, 0.25) is 0 Å². The first kappa shape index (κ1) is 18.6. The van der Waals surface area contributed by atoms with Crippen molar-refractivity contribution >= 4 is 21.4 Å². The van der Waals surface area contributed by atoms with Gasteiger partial charge in [0.25, 0.3) is 5.91 Å². The summed E-state index contributed by atoms with van der Waals surface area (Å²) in [4.78, 5) is 17.7. The summed E-state index contributed by atoms with van der Waals surface area (Å²) in [6.07, 6.45) is 2.42. The Morgan fingerprint density at radius 2 is 2.00 bits per heavy atom. The van der Waals surface area contributed by atoms with Crippen molar-refractivity contribution < 1.29 is 13.2 Å². The maximum absolute atomic E-state index is 12.4. The number of carbonyl (C=O) groups is 1. The molecule has 1 aliphatic carbocycles. The molecule has 1 aromatic carbocycles. The predicted octanol–water partition coefficient (Wildman–Crippen LogP) is 2.99. The van der Waals surface area contributed by atoms with Gasteiger partial charge in [-0.05, 0) is 53.6 Å². The van der Waals surface area contributed by atoms with Crippen molar-refractivity contribution in [1.29, 1.82) is 0 Å². The van der Waals surface area contributed by atoms with Crippen LogP contribution in [0.3, 0.4) is 0 Å². The van der Waals surface area contributed by atoms with E-state index in [1.165, 1.54) is 18.4 Å². The molecule has 25 heavy (non-hydrogen) atoms. The van der Waals surface area contributed by atoms with Gasteiger partial charge in [-0.2, -0.15) is 0 Å². The second kappa shape index (κ2) is 7.89. The predicted molar refractivity (Wildman–Crippen MR) is 91.8 cm³/mol. The lowest BCUT2D eigenvalue weighted by Crippen LogP contribution is -2.46. The number of azide groups is 2. The van der Waals surface area contributed by atoms with Crippen molar-refractivity contribution in [2.45, 2.75) is 25.4 Å². The molecular weight excluding hydrogens is 346 g/mol. The zero-order chi connectivity index (χ0) is 18.4. The van der Waals surface area contributed by atoms with E-state index >= 15 is 0 Å². The molecule has 0 aromatic heterocycles. The van der Waals surface area contributed by atoms with E-state index in [2.05, 4.69) is 25.4 Å². The number of sulfone groups is 1. The van der Waals surface area contributed by atoms with Gasteiger partial charge < -0.3 is 5.32 Å². The van der Waals surface area contributed by atoms with Crippen LogP contribution in [0.2, 0.25) is 0 Å². The number of hydrogen-bond acceptors (Lipinski definition) is 5. The molecule has 1 N–H and O–H groups in total. The van der Waals surface area contributed by atoms with E-state index in [4.69, 9.17) is 11.1 Å². The number of hydrogen-bond donors (Lipinski definition) is 1. The fourth-order valence-corrected chi connectivity index (χ4v) is 3.93. The highest BCUT2D eigenvalue weighted by Gasteiger charge is 2.32. The smallest absolute Gasteiger partial charge is 0.251 e. The van der Waals surface area contributed by atoms with Crippen molar-refractivity contribution in [1.82, 2.24) is 5.32 Å². The van der Waals surface area contributed by atoms with E-state index in [1.807, 2.05) is 0 Å². The zero-order valence-corrected chi connectivity index (χ0v) is 14.3. The Labute approximate surface area is 144 Å². The van der Waals surface area contributed by atoms with Gasteiger partial charge in [-0.15, -0.1) is 0 Å². The van der Waals surface area contributed by atoms with Gasteiger partial charge in [-0.25, -0.2) is 8.42 Å². The summed E-state index contributed by atoms with van der Waals surface area (Å²) in [5.41, 5.74) is 18.0. The summed E-state index contributed by atoms with van der Waals surface area (Å²) in [5.74, 6) is -0.155. The van der Waals surface area contributed by atoms with Gasteiger partial charge in [0.15, 0.2) is 0 Å². The molecule has 10 nitrogen and oxygen atoms in total. The molecule has 0 heterocycles. The van der Waals surface area contributed by atoms with Crippen molar-refractivity contribution in [2.24, 2.45) is 16.1 Å². The summed E-state index contributed by atoms with van der Waals surface area (Å²) in [6.45, 7) is 0.0332. The molecule has 132 valence electrons. The molecule has 0 saturated heterocycles. The van der Waals surface area contributed by atoms with Gasteiger partial charge in [-0.3, -0.25) is 4.79 Å². The Hall–Kier alpha value is -2.74. The Balaban J connectivity index is 2.05. The van der Waals surface area contributed by atoms with E-state index < -0.39 is 9.84 Å². The van der Waals surface area contributed by atoms with Crippen molar-refractivity contribution in [3.05, 3.63) is 50.2 Å². The second-order valence-electron chi connectivity index (χ2n) is 6.07. The molecule has 0 atom stereocenters. The highest BCUT2D eigenvalue weighted by atomic mass is 32.2. The average molecular weight is 363 g/mol. The normalized spacial score (nSPS) is 19.1. The van der Waals surface area contributed by atoms with Gasteiger partial charge in [0.05, 0.1) is 12.3 Å². The van der Waals surface area contributed by atoms with Crippen LogP contribution < -0.4 is 5.32 Å². The quantitative estimate of drug-likeness (QED) is 0.448. The lowest BCUT2D eigenvalue weighted by Gasteiger charge is -2.35. The molecule has 2 rings (SSSR count). The maximum Gasteiger partial charge on any atom is 0.251 e. The van der Waals surface area contributed by atoms with Crippen molar-refractivity contribution in [2.75, 3.05) is 12.0 Å². The van der Waals surface area contributed by atoms with Crippen LogP contribution in [-0.4, -0.2) is 32.4 Å². The molecule has 0 bridgehead atoms. The number of nitrogens with one attached hydrogen (secondary N) is 1. The molecule has 1 aromatic rings. The van der Waals surface area contributed by atoms with Crippen LogP contribution in [0.15, 0.2) is 28.4 Å². The Bertz CT molecular complexity index is 864. The van der Waals surface area contributed by atoms with E-state index in [9.17, 15) is 13.2 Å². The first-order chi connectivity index (χ1) is 11.8. The molecule has 11 heteroatoms. The lowest BCUT2D eigenvalue weighted by molar-refractivity contribution is 0.0897. The zero-order valence-electron chi connectivity index (χ0n) is 13.5. The molecule has 0 spiro atoms. The third-order valence-electron chi connectivity index (χ3n) is 3.83. The number of carbonyl (C=O) groups excluding carboxylic acids is 1. The first-order valence-electron chi connectivity index (χ1n) is 7.49. The van der Waals surface area contributed by atoms with Gasteiger partial charge in [0, 0.05) is 33.4 Å². The molecule has 0 radical (unpaired) electrons. The highest BCUT2D eigenvalue weighted by Crippen LogP contribution is 2.29. The van der Waals surface area contributed by atoms with Crippen molar-refractivity contribution in [3.8, 4) is 0 Å². The summed E-state index contributed by atoms with van der Waals surface area (Å²) in [5, 5.41) is 9.75. The van der Waals surface area contributed by atoms with Crippen LogP contribution in [0.5, 0.6) is 0 Å². The molecular formula is C14H17N7O3S. The van der Waals surface area contributed by atoms with Crippen LogP contribution in [-0.2, 0) is 16.4 Å². The van der Waals surface area contributed by atoms with Crippen LogP contribution in [0, 0.1) is 5.92 Å². The summed E-state index contributed by atoms with van der Waals surface area (Å²) in [6, 6.07) is 4.47. The SMILES string of the molecule is CS(=O)(=O)CC1CC(NC(=O)c2cc(CN=[N+]=[N-])cc(N=[N+]=[N-])c2)C1. The highest BCUT2D eigenvalue weighted by molar-refractivity contribution is 7.90. The maximum atomic E-state index is 12.4. The fourth-order valence-electron chi connectivity index (χ4n) is 2.81. The second-order valence-corrected chi connectivity index (χ2v) is 8.25. The first-order valence-corrected chi connectivity index (χ1v) is 9.55. The molecule has 1 amide bonds. The van der Waals surface area contributed by atoms with Gasteiger partial charge in [-0.1, -0.05) is 10.2 Å². The Morgan fingerprint density at radius 1 is 1.28 bits per heavy atom. The van der Waals surface area contributed by atoms with E-state index in [0.717, 1.165) is 0 Å². The Kier molecular flexibility index (Phi) is 5.87.